The number of piperidine rings is 1. The summed E-state index contributed by atoms with van der Waals surface area (Å²) in [5.74, 6) is 1.39. The number of amides is 1. The fourth-order valence-electron chi connectivity index (χ4n) is 4.23. The van der Waals surface area contributed by atoms with E-state index in [2.05, 4.69) is 4.98 Å². The van der Waals surface area contributed by atoms with Crippen molar-refractivity contribution in [3.63, 3.8) is 0 Å². The van der Waals surface area contributed by atoms with Crippen LogP contribution in [0.15, 0.2) is 42.5 Å². The van der Waals surface area contributed by atoms with Gasteiger partial charge in [0.05, 0.1) is 23.2 Å². The third-order valence-electron chi connectivity index (χ3n) is 5.72. The number of alkyl halides is 3. The number of nitrogens with zero attached hydrogens (tertiary/aromatic N) is 3. The van der Waals surface area contributed by atoms with E-state index in [1.54, 1.807) is 24.3 Å². The van der Waals surface area contributed by atoms with Crippen molar-refractivity contribution in [3.8, 4) is 5.75 Å². The molecule has 164 valence electrons. The minimum absolute atomic E-state index is 0.0245. The van der Waals surface area contributed by atoms with Gasteiger partial charge in [-0.1, -0.05) is 0 Å². The molecule has 4 rings (SSSR count). The van der Waals surface area contributed by atoms with E-state index in [4.69, 9.17) is 4.74 Å². The summed E-state index contributed by atoms with van der Waals surface area (Å²) in [5, 5.41) is 0. The molecular formula is C23H24F3N3O2. The van der Waals surface area contributed by atoms with E-state index >= 15 is 0 Å². The lowest BCUT2D eigenvalue weighted by molar-refractivity contribution is -0.137. The van der Waals surface area contributed by atoms with Crippen LogP contribution in [0.2, 0.25) is 0 Å². The van der Waals surface area contributed by atoms with Crippen molar-refractivity contribution >= 4 is 16.9 Å². The summed E-state index contributed by atoms with van der Waals surface area (Å²) in [5.41, 5.74) is 0.966. The highest BCUT2D eigenvalue weighted by atomic mass is 19.4. The number of aromatic nitrogens is 2. The number of hydrogen-bond donors (Lipinski definition) is 0. The van der Waals surface area contributed by atoms with Gasteiger partial charge in [-0.3, -0.25) is 4.79 Å². The van der Waals surface area contributed by atoms with Crippen LogP contribution >= 0.6 is 0 Å². The molecule has 0 unspecified atom stereocenters. The Morgan fingerprint density at radius 1 is 1.13 bits per heavy atom. The minimum Gasteiger partial charge on any atom is -0.494 e. The molecule has 3 aromatic rings. The fraction of sp³-hybridized carbons (Fsp3) is 0.391. The second-order valence-corrected chi connectivity index (χ2v) is 7.71. The third kappa shape index (κ3) is 4.24. The number of hydrogen-bond acceptors (Lipinski definition) is 3. The van der Waals surface area contributed by atoms with Gasteiger partial charge in [-0.2, -0.15) is 13.2 Å². The quantitative estimate of drug-likeness (QED) is 0.568. The first kappa shape index (κ1) is 21.2. The summed E-state index contributed by atoms with van der Waals surface area (Å²) < 4.78 is 46.5. The predicted octanol–water partition coefficient (Wildman–Crippen LogP) is 5.24. The lowest BCUT2D eigenvalue weighted by atomic mass is 10.0. The molecule has 1 aliphatic heterocycles. The van der Waals surface area contributed by atoms with Crippen molar-refractivity contribution in [1.82, 2.24) is 14.5 Å². The summed E-state index contributed by atoms with van der Waals surface area (Å²) in [4.78, 5) is 19.0. The van der Waals surface area contributed by atoms with E-state index in [1.165, 1.54) is 6.07 Å². The average molecular weight is 431 g/mol. The van der Waals surface area contributed by atoms with Crippen molar-refractivity contribution < 1.29 is 22.7 Å². The van der Waals surface area contributed by atoms with Crippen LogP contribution in [-0.2, 0) is 6.18 Å². The minimum atomic E-state index is -4.39. The van der Waals surface area contributed by atoms with Gasteiger partial charge in [0.25, 0.3) is 5.91 Å². The van der Waals surface area contributed by atoms with Gasteiger partial charge in [0.15, 0.2) is 0 Å². The molecule has 0 radical (unpaired) electrons. The number of halogens is 3. The van der Waals surface area contributed by atoms with Crippen LogP contribution in [0.3, 0.4) is 0 Å². The van der Waals surface area contributed by atoms with E-state index in [1.807, 2.05) is 23.3 Å². The smallest absolute Gasteiger partial charge is 0.416 e. The van der Waals surface area contributed by atoms with Gasteiger partial charge in [0, 0.05) is 24.7 Å². The zero-order valence-corrected chi connectivity index (χ0v) is 17.4. The maximum Gasteiger partial charge on any atom is 0.416 e. The van der Waals surface area contributed by atoms with Crippen molar-refractivity contribution in [3.05, 3.63) is 59.4 Å². The first-order valence-electron chi connectivity index (χ1n) is 10.4. The molecule has 0 bridgehead atoms. The van der Waals surface area contributed by atoms with Gasteiger partial charge in [0.2, 0.25) is 0 Å². The zero-order valence-electron chi connectivity index (χ0n) is 17.4. The zero-order chi connectivity index (χ0) is 22.2. The number of carbonyl (C=O) groups excluding carboxylic acids is 1. The first-order valence-corrected chi connectivity index (χ1v) is 10.4. The summed E-state index contributed by atoms with van der Waals surface area (Å²) in [6, 6.07) is 10.9. The molecule has 0 atom stereocenters. The van der Waals surface area contributed by atoms with Crippen LogP contribution in [0.4, 0.5) is 13.2 Å². The Labute approximate surface area is 178 Å². The number of aryl methyl sites for hydroxylation is 1. The highest BCUT2D eigenvalue weighted by Gasteiger charge is 2.32. The molecule has 5 nitrogen and oxygen atoms in total. The Kier molecular flexibility index (Phi) is 5.64. The highest BCUT2D eigenvalue weighted by Crippen LogP contribution is 2.34. The van der Waals surface area contributed by atoms with Crippen molar-refractivity contribution in [2.75, 3.05) is 19.7 Å². The second-order valence-electron chi connectivity index (χ2n) is 7.71. The number of fused-ring (bicyclic) bond motifs is 1. The number of imidazole rings is 1. The largest absolute Gasteiger partial charge is 0.494 e. The molecule has 2 heterocycles. The van der Waals surface area contributed by atoms with E-state index in [9.17, 15) is 18.0 Å². The Morgan fingerprint density at radius 3 is 2.42 bits per heavy atom. The average Bonchev–Trinajstić information content (AvgIpc) is 3.08. The number of benzene rings is 2. The number of rotatable bonds is 4. The Balaban J connectivity index is 1.48. The monoisotopic (exact) mass is 431 g/mol. The Bertz CT molecular complexity index is 1080. The van der Waals surface area contributed by atoms with E-state index < -0.39 is 11.7 Å². The number of carbonyl (C=O) groups is 1. The van der Waals surface area contributed by atoms with Crippen LogP contribution in [-0.4, -0.2) is 40.1 Å². The molecular weight excluding hydrogens is 407 g/mol. The molecule has 0 aliphatic carbocycles. The van der Waals surface area contributed by atoms with Crippen molar-refractivity contribution in [2.45, 2.75) is 38.9 Å². The molecule has 8 heteroatoms. The molecule has 1 aromatic heterocycles. The van der Waals surface area contributed by atoms with Crippen LogP contribution in [0, 0.1) is 6.92 Å². The maximum absolute atomic E-state index is 13.0. The van der Waals surface area contributed by atoms with Gasteiger partial charge < -0.3 is 14.2 Å². The normalized spacial score (nSPS) is 15.5. The third-order valence-corrected chi connectivity index (χ3v) is 5.72. The molecule has 1 fully saturated rings. The maximum atomic E-state index is 13.0. The predicted molar refractivity (Wildman–Crippen MR) is 111 cm³/mol. The molecule has 1 amide bonds. The summed E-state index contributed by atoms with van der Waals surface area (Å²) in [6.45, 7) is 5.45. The molecule has 0 saturated carbocycles. The van der Waals surface area contributed by atoms with Crippen molar-refractivity contribution in [2.24, 2.45) is 0 Å². The van der Waals surface area contributed by atoms with E-state index in [0.29, 0.717) is 42.1 Å². The van der Waals surface area contributed by atoms with Crippen LogP contribution in [0.1, 0.15) is 47.6 Å². The lowest BCUT2D eigenvalue weighted by Crippen LogP contribution is -2.39. The van der Waals surface area contributed by atoms with Gasteiger partial charge in [-0.05, 0) is 69.2 Å². The van der Waals surface area contributed by atoms with Gasteiger partial charge in [-0.15, -0.1) is 0 Å². The molecule has 1 saturated heterocycles. The summed E-state index contributed by atoms with van der Waals surface area (Å²) in [6.07, 6.45) is -2.95. The standard InChI is InChI=1S/C23H24F3N3O2/c1-3-31-19-7-4-16(5-8-19)22(30)28-12-10-18(11-13-28)29-15(2)27-20-14-17(23(24,25)26)6-9-21(20)29/h4-9,14,18H,3,10-13H2,1-2H3. The fourth-order valence-corrected chi connectivity index (χ4v) is 4.23. The molecule has 1 aliphatic rings. The van der Waals surface area contributed by atoms with E-state index in [0.717, 1.165) is 30.7 Å². The lowest BCUT2D eigenvalue weighted by Gasteiger charge is -2.33. The molecule has 0 N–H and O–H groups in total. The topological polar surface area (TPSA) is 47.4 Å². The van der Waals surface area contributed by atoms with Crippen molar-refractivity contribution in [1.29, 1.82) is 0 Å². The molecule has 31 heavy (non-hydrogen) atoms. The summed E-state index contributed by atoms with van der Waals surface area (Å²) in [7, 11) is 0. The first-order chi connectivity index (χ1) is 14.8. The SMILES string of the molecule is CCOc1ccc(C(=O)N2CCC(n3c(C)nc4cc(C(F)(F)F)ccc43)CC2)cc1. The van der Waals surface area contributed by atoms with E-state index in [-0.39, 0.29) is 11.9 Å². The Hall–Kier alpha value is -3.03. The second kappa shape index (κ2) is 8.24. The van der Waals surface area contributed by atoms with Crippen LogP contribution in [0.25, 0.3) is 11.0 Å². The van der Waals surface area contributed by atoms with Gasteiger partial charge in [0.1, 0.15) is 11.6 Å². The highest BCUT2D eigenvalue weighted by molar-refractivity contribution is 5.94. The number of likely N-dealkylation sites (tertiary alicyclic amines) is 1. The van der Waals surface area contributed by atoms with Crippen LogP contribution < -0.4 is 4.74 Å². The Morgan fingerprint density at radius 2 is 1.81 bits per heavy atom. The van der Waals surface area contributed by atoms with Crippen LogP contribution in [0.5, 0.6) is 5.75 Å². The van der Waals surface area contributed by atoms with Gasteiger partial charge in [-0.25, -0.2) is 4.98 Å². The molecule has 0 spiro atoms. The van der Waals surface area contributed by atoms with Gasteiger partial charge >= 0.3 is 6.18 Å². The molecule has 2 aromatic carbocycles. The number of ether oxygens (including phenoxy) is 1. The summed E-state index contributed by atoms with van der Waals surface area (Å²) >= 11 is 0.